The van der Waals surface area contributed by atoms with Crippen molar-refractivity contribution in [3.63, 3.8) is 0 Å². The van der Waals surface area contributed by atoms with Crippen LogP contribution in [-0.4, -0.2) is 21.8 Å². The average molecular weight is 371 g/mol. The van der Waals surface area contributed by atoms with Crippen LogP contribution < -0.4 is 10.6 Å². The zero-order valence-corrected chi connectivity index (χ0v) is 14.2. The molecule has 4 rings (SSSR count). The highest BCUT2D eigenvalue weighted by atomic mass is 35.5. The standard InChI is InChI=1S/C18H11ClN2O3S/c19-9-4-5-11-12(7-9)15-13(17(24)16(11)23)14(20-18(25)21-15)8-2-1-3-10(22)6-8/h1-7,14,22H,(H2,20,21,25). The molecule has 1 heterocycles. The first-order chi connectivity index (χ1) is 12.0. The lowest BCUT2D eigenvalue weighted by molar-refractivity contribution is -0.112. The van der Waals surface area contributed by atoms with E-state index in [9.17, 15) is 14.7 Å². The number of benzene rings is 2. The predicted molar refractivity (Wildman–Crippen MR) is 97.4 cm³/mol. The molecule has 124 valence electrons. The van der Waals surface area contributed by atoms with E-state index in [1.165, 1.54) is 18.2 Å². The van der Waals surface area contributed by atoms with Crippen molar-refractivity contribution < 1.29 is 14.7 Å². The van der Waals surface area contributed by atoms with Gasteiger partial charge in [-0.3, -0.25) is 9.59 Å². The van der Waals surface area contributed by atoms with Crippen molar-refractivity contribution in [2.75, 3.05) is 0 Å². The zero-order chi connectivity index (χ0) is 17.7. The van der Waals surface area contributed by atoms with E-state index in [0.29, 0.717) is 32.5 Å². The van der Waals surface area contributed by atoms with Crippen LogP contribution in [0.15, 0.2) is 48.0 Å². The zero-order valence-electron chi connectivity index (χ0n) is 12.7. The Labute approximate surface area is 153 Å². The lowest BCUT2D eigenvalue weighted by Crippen LogP contribution is -2.47. The lowest BCUT2D eigenvalue weighted by Gasteiger charge is -2.34. The molecule has 2 aromatic carbocycles. The van der Waals surface area contributed by atoms with Crippen molar-refractivity contribution in [2.45, 2.75) is 6.04 Å². The van der Waals surface area contributed by atoms with Gasteiger partial charge in [0.2, 0.25) is 11.6 Å². The second-order valence-corrected chi connectivity index (χ2v) is 6.61. The van der Waals surface area contributed by atoms with Crippen LogP contribution in [0.3, 0.4) is 0 Å². The van der Waals surface area contributed by atoms with E-state index in [1.54, 1.807) is 24.3 Å². The summed E-state index contributed by atoms with van der Waals surface area (Å²) in [5.41, 5.74) is 2.20. The van der Waals surface area contributed by atoms with Crippen molar-refractivity contribution in [1.29, 1.82) is 0 Å². The number of nitrogens with one attached hydrogen (secondary N) is 2. The summed E-state index contributed by atoms with van der Waals surface area (Å²) >= 11 is 11.3. The van der Waals surface area contributed by atoms with Crippen LogP contribution >= 0.6 is 23.8 Å². The van der Waals surface area contributed by atoms with E-state index in [1.807, 2.05) is 0 Å². The van der Waals surface area contributed by atoms with Crippen molar-refractivity contribution in [2.24, 2.45) is 0 Å². The monoisotopic (exact) mass is 370 g/mol. The SMILES string of the molecule is O=C1C(=O)c2ccc(Cl)cc2C2=C1C(c1cccc(O)c1)NC(=S)N2. The molecule has 2 aromatic rings. The molecule has 25 heavy (non-hydrogen) atoms. The maximum atomic E-state index is 12.8. The van der Waals surface area contributed by atoms with E-state index in [-0.39, 0.29) is 11.3 Å². The Morgan fingerprint density at radius 2 is 1.84 bits per heavy atom. The summed E-state index contributed by atoms with van der Waals surface area (Å²) in [6.07, 6.45) is 0. The normalized spacial score (nSPS) is 19.1. The maximum Gasteiger partial charge on any atom is 0.234 e. The molecule has 7 heteroatoms. The summed E-state index contributed by atoms with van der Waals surface area (Å²) in [6, 6.07) is 10.6. The van der Waals surface area contributed by atoms with Crippen molar-refractivity contribution >= 4 is 46.2 Å². The number of ketones is 2. The number of thiocarbonyl (C=S) groups is 1. The van der Waals surface area contributed by atoms with Crippen LogP contribution in [0.2, 0.25) is 5.02 Å². The molecule has 0 bridgehead atoms. The Balaban J connectivity index is 1.98. The predicted octanol–water partition coefficient (Wildman–Crippen LogP) is 2.74. The molecule has 5 nitrogen and oxygen atoms in total. The number of hydrogen-bond acceptors (Lipinski definition) is 4. The summed E-state index contributed by atoms with van der Waals surface area (Å²) < 4.78 is 0. The highest BCUT2D eigenvalue weighted by Crippen LogP contribution is 2.38. The molecule has 0 amide bonds. The minimum atomic E-state index is -0.639. The van der Waals surface area contributed by atoms with Gasteiger partial charge < -0.3 is 15.7 Å². The average Bonchev–Trinajstić information content (AvgIpc) is 2.59. The Morgan fingerprint density at radius 1 is 1.04 bits per heavy atom. The summed E-state index contributed by atoms with van der Waals surface area (Å²) in [5.74, 6) is -1.14. The van der Waals surface area contributed by atoms with E-state index < -0.39 is 17.6 Å². The molecule has 0 saturated carbocycles. The van der Waals surface area contributed by atoms with E-state index in [4.69, 9.17) is 23.8 Å². The third kappa shape index (κ3) is 2.50. The highest BCUT2D eigenvalue weighted by Gasteiger charge is 2.40. The van der Waals surface area contributed by atoms with Gasteiger partial charge >= 0.3 is 0 Å². The number of carbonyl (C=O) groups excluding carboxylic acids is 2. The number of phenolic OH excluding ortho intramolecular Hbond substituents is 1. The number of carbonyl (C=O) groups is 2. The Morgan fingerprint density at radius 3 is 2.60 bits per heavy atom. The number of aromatic hydroxyl groups is 1. The lowest BCUT2D eigenvalue weighted by atomic mass is 9.81. The molecule has 1 unspecified atom stereocenters. The maximum absolute atomic E-state index is 12.8. The molecular weight excluding hydrogens is 360 g/mol. The van der Waals surface area contributed by atoms with Crippen molar-refractivity contribution in [3.05, 3.63) is 69.8 Å². The van der Waals surface area contributed by atoms with Crippen molar-refractivity contribution in [3.8, 4) is 5.75 Å². The van der Waals surface area contributed by atoms with Gasteiger partial charge in [0.25, 0.3) is 0 Å². The number of fused-ring (bicyclic) bond motifs is 2. The van der Waals surface area contributed by atoms with Crippen LogP contribution in [0.1, 0.15) is 27.5 Å². The smallest absolute Gasteiger partial charge is 0.234 e. The Bertz CT molecular complexity index is 1000. The molecule has 0 spiro atoms. The van der Waals surface area contributed by atoms with Gasteiger partial charge in [-0.25, -0.2) is 0 Å². The number of hydrogen-bond donors (Lipinski definition) is 3. The van der Waals surface area contributed by atoms with E-state index in [2.05, 4.69) is 10.6 Å². The molecule has 3 N–H and O–H groups in total. The summed E-state index contributed by atoms with van der Waals surface area (Å²) in [5, 5.41) is 16.5. The third-order valence-corrected chi connectivity index (χ3v) is 4.68. The van der Waals surface area contributed by atoms with Gasteiger partial charge in [-0.05, 0) is 48.1 Å². The topological polar surface area (TPSA) is 78.4 Å². The fourth-order valence-corrected chi connectivity index (χ4v) is 3.53. The van der Waals surface area contributed by atoms with Crippen LogP contribution in [0, 0.1) is 0 Å². The molecule has 1 atom stereocenters. The molecule has 2 aliphatic rings. The van der Waals surface area contributed by atoms with Crippen molar-refractivity contribution in [1.82, 2.24) is 10.6 Å². The van der Waals surface area contributed by atoms with Crippen LogP contribution in [0.4, 0.5) is 0 Å². The minimum absolute atomic E-state index is 0.0592. The van der Waals surface area contributed by atoms with Gasteiger partial charge in [0.05, 0.1) is 17.3 Å². The van der Waals surface area contributed by atoms with Crippen LogP contribution in [0.5, 0.6) is 5.75 Å². The first kappa shape index (κ1) is 15.8. The highest BCUT2D eigenvalue weighted by molar-refractivity contribution is 7.80. The largest absolute Gasteiger partial charge is 0.508 e. The Kier molecular flexibility index (Phi) is 3.59. The van der Waals surface area contributed by atoms with Gasteiger partial charge in [0.15, 0.2) is 5.11 Å². The fraction of sp³-hybridized carbons (Fsp3) is 0.0556. The van der Waals surface area contributed by atoms with Gasteiger partial charge in [0, 0.05) is 16.1 Å². The molecular formula is C18H11ClN2O3S. The molecule has 1 aliphatic carbocycles. The Hall–Kier alpha value is -2.70. The minimum Gasteiger partial charge on any atom is -0.508 e. The van der Waals surface area contributed by atoms with Crippen LogP contribution in [-0.2, 0) is 4.79 Å². The summed E-state index contributed by atoms with van der Waals surface area (Å²) in [6.45, 7) is 0. The second kappa shape index (κ2) is 5.68. The second-order valence-electron chi connectivity index (χ2n) is 5.76. The number of rotatable bonds is 1. The number of halogens is 1. The quantitative estimate of drug-likeness (QED) is 0.529. The van der Waals surface area contributed by atoms with Gasteiger partial charge in [-0.15, -0.1) is 0 Å². The van der Waals surface area contributed by atoms with Gasteiger partial charge in [0.1, 0.15) is 5.75 Å². The van der Waals surface area contributed by atoms with Crippen LogP contribution in [0.25, 0.3) is 5.70 Å². The molecule has 0 aromatic heterocycles. The summed E-state index contributed by atoms with van der Waals surface area (Å²) in [4.78, 5) is 25.3. The molecule has 0 radical (unpaired) electrons. The third-order valence-electron chi connectivity index (χ3n) is 4.22. The first-order valence-electron chi connectivity index (χ1n) is 7.45. The van der Waals surface area contributed by atoms with E-state index in [0.717, 1.165) is 0 Å². The molecule has 1 aliphatic heterocycles. The van der Waals surface area contributed by atoms with Gasteiger partial charge in [-0.1, -0.05) is 23.7 Å². The summed E-state index contributed by atoms with van der Waals surface area (Å²) in [7, 11) is 0. The number of phenols is 1. The first-order valence-corrected chi connectivity index (χ1v) is 8.24. The number of Topliss-reactive ketones (excluding diaryl/α,β-unsaturated/α-hetero) is 2. The molecule has 0 fully saturated rings. The van der Waals surface area contributed by atoms with Gasteiger partial charge in [-0.2, -0.15) is 0 Å². The molecule has 0 saturated heterocycles. The van der Waals surface area contributed by atoms with E-state index >= 15 is 0 Å². The fourth-order valence-electron chi connectivity index (χ4n) is 3.14.